The maximum atomic E-state index is 12.8. The summed E-state index contributed by atoms with van der Waals surface area (Å²) in [6, 6.07) is 1.69. The molecule has 1 aliphatic heterocycles. The van der Waals surface area contributed by atoms with Crippen molar-refractivity contribution in [1.29, 1.82) is 0 Å². The van der Waals surface area contributed by atoms with Crippen LogP contribution in [0, 0.1) is 0 Å². The van der Waals surface area contributed by atoms with E-state index < -0.39 is 10.0 Å². The van der Waals surface area contributed by atoms with Gasteiger partial charge < -0.3 is 9.64 Å². The van der Waals surface area contributed by atoms with Crippen LogP contribution in [0.15, 0.2) is 15.7 Å². The highest BCUT2D eigenvalue weighted by Crippen LogP contribution is 2.33. The molecule has 0 bridgehead atoms. The van der Waals surface area contributed by atoms with E-state index in [-0.39, 0.29) is 6.04 Å². The van der Waals surface area contributed by atoms with E-state index in [0.29, 0.717) is 16.5 Å². The van der Waals surface area contributed by atoms with Gasteiger partial charge in [0.2, 0.25) is 0 Å². The zero-order chi connectivity index (χ0) is 14.8. The van der Waals surface area contributed by atoms with Crippen molar-refractivity contribution in [2.75, 3.05) is 33.3 Å². The van der Waals surface area contributed by atoms with Crippen LogP contribution in [0.5, 0.6) is 5.75 Å². The summed E-state index contributed by atoms with van der Waals surface area (Å²) in [6.45, 7) is 7.35. The smallest absolute Gasteiger partial charge is 0.256 e. The van der Waals surface area contributed by atoms with Gasteiger partial charge in [0, 0.05) is 19.1 Å². The van der Waals surface area contributed by atoms with Gasteiger partial charge in [0.05, 0.1) is 7.11 Å². The largest absolute Gasteiger partial charge is 0.494 e. The van der Waals surface area contributed by atoms with Crippen LogP contribution in [-0.2, 0) is 10.0 Å². The summed E-state index contributed by atoms with van der Waals surface area (Å²) in [5, 5.41) is 1.76. The van der Waals surface area contributed by atoms with Gasteiger partial charge >= 0.3 is 0 Å². The van der Waals surface area contributed by atoms with Crippen LogP contribution in [0.25, 0.3) is 0 Å². The van der Waals surface area contributed by atoms with E-state index >= 15 is 0 Å². The van der Waals surface area contributed by atoms with E-state index in [0.717, 1.165) is 26.1 Å². The molecular weight excluding hydrogens is 296 g/mol. The number of hydrogen-bond donors (Lipinski definition) is 0. The minimum absolute atomic E-state index is 0.0192. The molecular formula is C13H22N2O3S2. The van der Waals surface area contributed by atoms with E-state index in [2.05, 4.69) is 11.8 Å². The molecule has 2 heterocycles. The van der Waals surface area contributed by atoms with Crippen LogP contribution in [0.3, 0.4) is 0 Å². The Morgan fingerprint density at radius 2 is 2.20 bits per heavy atom. The highest BCUT2D eigenvalue weighted by molar-refractivity contribution is 7.91. The zero-order valence-corrected chi connectivity index (χ0v) is 13.8. The van der Waals surface area contributed by atoms with Crippen LogP contribution in [0.1, 0.15) is 20.3 Å². The fourth-order valence-corrected chi connectivity index (χ4v) is 5.65. The predicted octanol–water partition coefficient (Wildman–Crippen LogP) is 1.86. The molecule has 2 rings (SSSR count). The second kappa shape index (κ2) is 6.43. The van der Waals surface area contributed by atoms with Crippen molar-refractivity contribution in [2.24, 2.45) is 0 Å². The topological polar surface area (TPSA) is 49.9 Å². The van der Waals surface area contributed by atoms with Gasteiger partial charge in [-0.3, -0.25) is 0 Å². The number of sulfonamides is 1. The first-order valence-electron chi connectivity index (χ1n) is 6.86. The van der Waals surface area contributed by atoms with E-state index in [9.17, 15) is 8.42 Å². The molecule has 1 aromatic heterocycles. The summed E-state index contributed by atoms with van der Waals surface area (Å²) in [5.41, 5.74) is 0. The van der Waals surface area contributed by atoms with Crippen LogP contribution < -0.4 is 4.74 Å². The van der Waals surface area contributed by atoms with E-state index in [1.165, 1.54) is 18.4 Å². The molecule has 1 atom stereocenters. The molecule has 0 aliphatic carbocycles. The van der Waals surface area contributed by atoms with Gasteiger partial charge in [0.1, 0.15) is 5.75 Å². The lowest BCUT2D eigenvalue weighted by Crippen LogP contribution is -2.42. The average molecular weight is 318 g/mol. The highest BCUT2D eigenvalue weighted by atomic mass is 32.2. The van der Waals surface area contributed by atoms with Crippen LogP contribution in [0.2, 0.25) is 0 Å². The van der Waals surface area contributed by atoms with E-state index in [1.54, 1.807) is 15.8 Å². The molecule has 0 N–H and O–H groups in total. The molecule has 0 spiro atoms. The Hall–Kier alpha value is -0.630. The standard InChI is InChI=1S/C13H22N2O3S2/c1-4-14-7-5-8-15(11(2)10-14)20(16,17)13-12(18-3)6-9-19-13/h6,9,11H,4-5,7-8,10H2,1-3H3/t11-/m1/s1. The van der Waals surface area contributed by atoms with Crippen molar-refractivity contribution >= 4 is 21.4 Å². The van der Waals surface area contributed by atoms with Gasteiger partial charge in [-0.05, 0) is 37.9 Å². The Morgan fingerprint density at radius 1 is 1.45 bits per heavy atom. The summed E-state index contributed by atoms with van der Waals surface area (Å²) in [6.07, 6.45) is 0.866. The number of ether oxygens (including phenoxy) is 1. The number of likely N-dealkylation sites (N-methyl/N-ethyl adjacent to an activating group) is 1. The lowest BCUT2D eigenvalue weighted by atomic mass is 10.3. The second-order valence-electron chi connectivity index (χ2n) is 4.99. The van der Waals surface area contributed by atoms with Crippen LogP contribution in [0.4, 0.5) is 0 Å². The number of thiophene rings is 1. The zero-order valence-electron chi connectivity index (χ0n) is 12.2. The third-order valence-corrected chi connectivity index (χ3v) is 7.11. The summed E-state index contributed by atoms with van der Waals surface area (Å²) < 4.78 is 32.8. The molecule has 1 aliphatic rings. The van der Waals surface area contributed by atoms with Crippen LogP contribution in [-0.4, -0.2) is 57.0 Å². The molecule has 20 heavy (non-hydrogen) atoms. The van der Waals surface area contributed by atoms with Gasteiger partial charge in [0.15, 0.2) is 4.21 Å². The van der Waals surface area contributed by atoms with Crippen molar-refractivity contribution in [3.8, 4) is 5.75 Å². The molecule has 0 amide bonds. The third-order valence-electron chi connectivity index (χ3n) is 3.67. The number of rotatable bonds is 4. The average Bonchev–Trinajstić information content (AvgIpc) is 2.82. The Labute approximate surface area is 125 Å². The monoisotopic (exact) mass is 318 g/mol. The van der Waals surface area contributed by atoms with E-state index in [4.69, 9.17) is 4.74 Å². The molecule has 0 radical (unpaired) electrons. The predicted molar refractivity (Wildman–Crippen MR) is 81.0 cm³/mol. The molecule has 1 fully saturated rings. The Morgan fingerprint density at radius 3 is 2.85 bits per heavy atom. The number of methoxy groups -OCH3 is 1. The van der Waals surface area contributed by atoms with Crippen molar-refractivity contribution < 1.29 is 13.2 Å². The lowest BCUT2D eigenvalue weighted by Gasteiger charge is -2.27. The summed E-state index contributed by atoms with van der Waals surface area (Å²) in [7, 11) is -1.96. The fraction of sp³-hybridized carbons (Fsp3) is 0.692. The molecule has 0 saturated carbocycles. The first-order chi connectivity index (χ1) is 9.50. The van der Waals surface area contributed by atoms with E-state index in [1.807, 2.05) is 6.92 Å². The highest BCUT2D eigenvalue weighted by Gasteiger charge is 2.34. The number of nitrogens with zero attached hydrogens (tertiary/aromatic N) is 2. The molecule has 5 nitrogen and oxygen atoms in total. The maximum absolute atomic E-state index is 12.8. The molecule has 0 unspecified atom stereocenters. The van der Waals surface area contributed by atoms with Gasteiger partial charge in [-0.2, -0.15) is 4.31 Å². The minimum Gasteiger partial charge on any atom is -0.494 e. The summed E-state index contributed by atoms with van der Waals surface area (Å²) in [5.74, 6) is 0.443. The maximum Gasteiger partial charge on any atom is 0.256 e. The summed E-state index contributed by atoms with van der Waals surface area (Å²) in [4.78, 5) is 2.30. The molecule has 1 saturated heterocycles. The SMILES string of the molecule is CCN1CCCN(S(=O)(=O)c2sccc2OC)[C@H](C)C1. The molecule has 114 valence electrons. The third kappa shape index (κ3) is 3.00. The van der Waals surface area contributed by atoms with Gasteiger partial charge in [-0.25, -0.2) is 8.42 Å². The molecule has 0 aromatic carbocycles. The van der Waals surface area contributed by atoms with Gasteiger partial charge in [-0.1, -0.05) is 6.92 Å². The van der Waals surface area contributed by atoms with Crippen molar-refractivity contribution in [1.82, 2.24) is 9.21 Å². The van der Waals surface area contributed by atoms with Crippen molar-refractivity contribution in [3.05, 3.63) is 11.4 Å². The number of hydrogen-bond acceptors (Lipinski definition) is 5. The second-order valence-corrected chi connectivity index (χ2v) is 7.99. The lowest BCUT2D eigenvalue weighted by molar-refractivity contribution is 0.261. The first-order valence-corrected chi connectivity index (χ1v) is 9.18. The van der Waals surface area contributed by atoms with Crippen molar-refractivity contribution in [2.45, 2.75) is 30.5 Å². The Bertz CT molecular complexity index is 542. The van der Waals surface area contributed by atoms with Gasteiger partial charge in [-0.15, -0.1) is 11.3 Å². The fourth-order valence-electron chi connectivity index (χ4n) is 2.60. The van der Waals surface area contributed by atoms with Crippen LogP contribution >= 0.6 is 11.3 Å². The summed E-state index contributed by atoms with van der Waals surface area (Å²) >= 11 is 1.22. The normalized spacial score (nSPS) is 22.6. The molecule has 7 heteroatoms. The first kappa shape index (κ1) is 15.8. The Balaban J connectivity index is 2.29. The minimum atomic E-state index is -3.47. The quantitative estimate of drug-likeness (QED) is 0.850. The Kier molecular flexibility index (Phi) is 5.06. The molecule has 1 aromatic rings. The van der Waals surface area contributed by atoms with Gasteiger partial charge in [0.25, 0.3) is 10.0 Å². The van der Waals surface area contributed by atoms with Crippen molar-refractivity contribution in [3.63, 3.8) is 0 Å².